The number of aliphatic hydroxyl groups is 3. The number of aliphatic hydroxyl groups excluding tert-OH is 3. The van der Waals surface area contributed by atoms with Gasteiger partial charge in [0.05, 0.1) is 33.5 Å². The summed E-state index contributed by atoms with van der Waals surface area (Å²) >= 11 is 0. The molecule has 0 saturated carbocycles. The molecule has 6 rings (SSSR count). The number of aromatic hydroxyl groups is 1. The first kappa shape index (κ1) is 33.4. The van der Waals surface area contributed by atoms with Gasteiger partial charge in [-0.1, -0.05) is 12.1 Å². The summed E-state index contributed by atoms with van der Waals surface area (Å²) in [7, 11) is 4.04. The van der Waals surface area contributed by atoms with Gasteiger partial charge in [-0.2, -0.15) is 0 Å². The first-order chi connectivity index (χ1) is 23.7. The molecule has 15 nitrogen and oxygen atoms in total. The summed E-state index contributed by atoms with van der Waals surface area (Å²) in [6.07, 6.45) is -4.25. The molecule has 2 aliphatic heterocycles. The van der Waals surface area contributed by atoms with E-state index in [1.54, 1.807) is 24.3 Å². The van der Waals surface area contributed by atoms with Crippen LogP contribution in [0, 0.1) is 0 Å². The quantitative estimate of drug-likeness (QED) is 0.140. The molecule has 15 heteroatoms. The van der Waals surface area contributed by atoms with Gasteiger partial charge in [0.25, 0.3) is 0 Å². The van der Waals surface area contributed by atoms with Crippen LogP contribution in [0.5, 0.6) is 40.2 Å². The summed E-state index contributed by atoms with van der Waals surface area (Å²) < 4.78 is 50.7. The Hall–Kier alpha value is -5.48. The first-order valence-corrected chi connectivity index (χ1v) is 14.8. The molecule has 1 aromatic heterocycles. The lowest BCUT2D eigenvalue weighted by atomic mass is 9.99. The number of fused-ring (bicyclic) bond motifs is 2. The topological polar surface area (TPSA) is 202 Å². The van der Waals surface area contributed by atoms with Gasteiger partial charge in [0, 0.05) is 23.8 Å². The number of hydrogen-bond donors (Lipinski definition) is 4. The Morgan fingerprint density at radius 3 is 2.31 bits per heavy atom. The largest absolute Gasteiger partial charge is 0.508 e. The van der Waals surface area contributed by atoms with Crippen LogP contribution in [0.25, 0.3) is 28.2 Å². The number of phenols is 1. The predicted octanol–water partition coefficient (Wildman–Crippen LogP) is 2.36. The maximum absolute atomic E-state index is 14.0. The van der Waals surface area contributed by atoms with E-state index in [-0.39, 0.29) is 46.3 Å². The zero-order valence-electron chi connectivity index (χ0n) is 26.4. The minimum absolute atomic E-state index is 0.00147. The number of carbonyl (C=O) groups is 1. The zero-order chi connectivity index (χ0) is 34.8. The Bertz CT molecular complexity index is 1930. The average Bonchev–Trinajstić information content (AvgIpc) is 3.57. The number of esters is 1. The Morgan fingerprint density at radius 2 is 1.63 bits per heavy atom. The minimum atomic E-state index is -1.76. The van der Waals surface area contributed by atoms with Crippen molar-refractivity contribution in [2.24, 2.45) is 0 Å². The standard InChI is InChI=1S/C34H32O15/c1-41-20-11-22-21(45-15-46-22)10-18(20)19-14-44-23-12-24(31(42-2)32(43-3)27(23)28(19)38)47-34-33(30(40)29(39)25(13-35)48-34)49-26(37)9-6-16-4-7-17(36)8-5-16/h4-12,14,25,29-30,33-36,39-40H,13,15H2,1-3H3/b9-6+/t25-,29-,30+,33+,34-/m1/s1. The van der Waals surface area contributed by atoms with Crippen LogP contribution >= 0.6 is 0 Å². The number of ether oxygens (including phenoxy) is 8. The molecule has 3 aromatic carbocycles. The van der Waals surface area contributed by atoms with E-state index in [2.05, 4.69) is 0 Å². The summed E-state index contributed by atoms with van der Waals surface area (Å²) in [4.78, 5) is 26.8. The molecule has 4 N–H and O–H groups in total. The predicted molar refractivity (Wildman–Crippen MR) is 169 cm³/mol. The van der Waals surface area contributed by atoms with Crippen LogP contribution in [-0.4, -0.2) is 91.8 Å². The monoisotopic (exact) mass is 680 g/mol. The lowest BCUT2D eigenvalue weighted by Gasteiger charge is -2.41. The van der Waals surface area contributed by atoms with Crippen LogP contribution in [0.4, 0.5) is 0 Å². The van der Waals surface area contributed by atoms with Gasteiger partial charge in [-0.25, -0.2) is 4.79 Å². The third kappa shape index (κ3) is 6.39. The van der Waals surface area contributed by atoms with Gasteiger partial charge in [-0.15, -0.1) is 0 Å². The highest BCUT2D eigenvalue weighted by molar-refractivity contribution is 5.92. The fourth-order valence-corrected chi connectivity index (χ4v) is 5.50. The van der Waals surface area contributed by atoms with Crippen LogP contribution < -0.4 is 33.8 Å². The van der Waals surface area contributed by atoms with Crippen LogP contribution in [0.15, 0.2) is 64.0 Å². The number of carbonyl (C=O) groups excluding carboxylic acids is 1. The van der Waals surface area contributed by atoms with Crippen molar-refractivity contribution < 1.29 is 67.5 Å². The Labute approximate surface area is 277 Å². The molecular formula is C34H32O15. The fourth-order valence-electron chi connectivity index (χ4n) is 5.50. The van der Waals surface area contributed by atoms with Gasteiger partial charge in [0.1, 0.15) is 47.0 Å². The lowest BCUT2D eigenvalue weighted by Crippen LogP contribution is -2.61. The maximum Gasteiger partial charge on any atom is 0.331 e. The first-order valence-electron chi connectivity index (χ1n) is 14.8. The number of hydrogen-bond acceptors (Lipinski definition) is 15. The van der Waals surface area contributed by atoms with Crippen molar-refractivity contribution >= 4 is 23.0 Å². The summed E-state index contributed by atoms with van der Waals surface area (Å²) in [5.74, 6) is 0.0311. The highest BCUT2D eigenvalue weighted by Crippen LogP contribution is 2.46. The fraction of sp³-hybridized carbons (Fsp3) is 0.294. The second-order valence-electron chi connectivity index (χ2n) is 10.8. The molecule has 1 fully saturated rings. The van der Waals surface area contributed by atoms with E-state index in [9.17, 15) is 30.0 Å². The molecule has 4 aromatic rings. The molecule has 49 heavy (non-hydrogen) atoms. The number of benzene rings is 3. The molecule has 5 atom stereocenters. The average molecular weight is 681 g/mol. The van der Waals surface area contributed by atoms with Gasteiger partial charge in [0.2, 0.25) is 24.3 Å². The molecule has 3 heterocycles. The van der Waals surface area contributed by atoms with E-state index in [0.717, 1.165) is 6.08 Å². The van der Waals surface area contributed by atoms with E-state index in [0.29, 0.717) is 28.4 Å². The van der Waals surface area contributed by atoms with Gasteiger partial charge in [-0.3, -0.25) is 4.79 Å². The van der Waals surface area contributed by atoms with Crippen molar-refractivity contribution in [2.75, 3.05) is 34.7 Å². The van der Waals surface area contributed by atoms with Gasteiger partial charge >= 0.3 is 5.97 Å². The molecule has 2 aliphatic rings. The number of methoxy groups -OCH3 is 3. The third-order valence-electron chi connectivity index (χ3n) is 7.96. The van der Waals surface area contributed by atoms with Gasteiger partial charge in [-0.05, 0) is 29.8 Å². The summed E-state index contributed by atoms with van der Waals surface area (Å²) in [6.45, 7) is -0.697. The van der Waals surface area contributed by atoms with E-state index < -0.39 is 48.7 Å². The highest BCUT2D eigenvalue weighted by atomic mass is 16.7. The van der Waals surface area contributed by atoms with Crippen LogP contribution in [0.2, 0.25) is 0 Å². The molecule has 258 valence electrons. The second-order valence-corrected chi connectivity index (χ2v) is 10.8. The smallest absolute Gasteiger partial charge is 0.331 e. The molecule has 1 saturated heterocycles. The van der Waals surface area contributed by atoms with Crippen LogP contribution in [-0.2, 0) is 14.3 Å². The highest BCUT2D eigenvalue weighted by Gasteiger charge is 2.48. The Balaban J connectivity index is 1.36. The van der Waals surface area contributed by atoms with Crippen molar-refractivity contribution in [3.8, 4) is 51.4 Å². The van der Waals surface area contributed by atoms with E-state index in [4.69, 9.17) is 42.3 Å². The Kier molecular flexibility index (Phi) is 9.51. The van der Waals surface area contributed by atoms with E-state index in [1.807, 2.05) is 0 Å². The van der Waals surface area contributed by atoms with Crippen molar-refractivity contribution in [1.82, 2.24) is 0 Å². The molecular weight excluding hydrogens is 648 g/mol. The van der Waals surface area contributed by atoms with Crippen molar-refractivity contribution in [2.45, 2.75) is 30.7 Å². The minimum Gasteiger partial charge on any atom is -0.508 e. The molecule has 0 aliphatic carbocycles. The van der Waals surface area contributed by atoms with Gasteiger partial charge in [0.15, 0.2) is 29.1 Å². The normalized spacial score (nSPS) is 21.5. The zero-order valence-corrected chi connectivity index (χ0v) is 26.4. The van der Waals surface area contributed by atoms with E-state index in [1.165, 1.54) is 51.9 Å². The molecule has 0 spiro atoms. The summed E-state index contributed by atoms with van der Waals surface area (Å²) in [5.41, 5.74) is 0.535. The molecule has 0 unspecified atom stereocenters. The third-order valence-corrected chi connectivity index (χ3v) is 7.96. The van der Waals surface area contributed by atoms with Gasteiger partial charge < -0.3 is 62.7 Å². The molecule has 0 amide bonds. The summed E-state index contributed by atoms with van der Waals surface area (Å²) in [5, 5.41) is 40.8. The van der Waals surface area contributed by atoms with Crippen molar-refractivity contribution in [3.05, 3.63) is 70.6 Å². The summed E-state index contributed by atoms with van der Waals surface area (Å²) in [6, 6.07) is 10.5. The SMILES string of the molecule is COc1cc2c(cc1-c1coc3cc(O[C@@H]4O[C@H](CO)[C@@H](O)[C@H](O)[C@@H]4OC(=O)/C=C/c4ccc(O)cc4)c(OC)c(OC)c3c1=O)OCO2. The maximum atomic E-state index is 14.0. The second kappa shape index (κ2) is 13.9. The van der Waals surface area contributed by atoms with E-state index >= 15 is 0 Å². The number of rotatable bonds is 10. The van der Waals surface area contributed by atoms with Crippen molar-refractivity contribution in [1.29, 1.82) is 0 Å². The van der Waals surface area contributed by atoms with Crippen LogP contribution in [0.1, 0.15) is 5.56 Å². The number of phenolic OH excluding ortho intramolecular Hbond substituents is 1. The Morgan fingerprint density at radius 1 is 0.918 bits per heavy atom. The van der Waals surface area contributed by atoms with Crippen molar-refractivity contribution in [3.63, 3.8) is 0 Å². The van der Waals surface area contributed by atoms with Crippen LogP contribution in [0.3, 0.4) is 0 Å². The molecule has 0 bridgehead atoms. The lowest BCUT2D eigenvalue weighted by molar-refractivity contribution is -0.281. The molecule has 0 radical (unpaired) electrons.